The van der Waals surface area contributed by atoms with Gasteiger partial charge in [-0.05, 0) is 26.2 Å². The van der Waals surface area contributed by atoms with Crippen LogP contribution in [0, 0.1) is 0 Å². The monoisotopic (exact) mass is 312 g/mol. The fraction of sp³-hybridized carbons (Fsp3) is 0.615. The normalized spacial score (nSPS) is 15.0. The van der Waals surface area contributed by atoms with E-state index < -0.39 is 36.1 Å². The van der Waals surface area contributed by atoms with Crippen molar-refractivity contribution in [3.05, 3.63) is 0 Å². The van der Waals surface area contributed by atoms with E-state index in [-0.39, 0.29) is 12.6 Å². The number of amides is 4. The molecule has 1 aliphatic carbocycles. The zero-order valence-electron chi connectivity index (χ0n) is 12.3. The number of carbonyl (C=O) groups excluding carboxylic acids is 5. The average Bonchev–Trinajstić information content (AvgIpc) is 2.45. The molecule has 4 N–H and O–H groups in total. The lowest BCUT2D eigenvalue weighted by molar-refractivity contribution is -0.139. The Morgan fingerprint density at radius 3 is 2.41 bits per heavy atom. The van der Waals surface area contributed by atoms with Gasteiger partial charge >= 0.3 is 0 Å². The molecule has 0 radical (unpaired) electrons. The first-order chi connectivity index (χ1) is 10.4. The Morgan fingerprint density at radius 2 is 1.86 bits per heavy atom. The van der Waals surface area contributed by atoms with Crippen molar-refractivity contribution in [2.45, 2.75) is 38.3 Å². The molecule has 0 aromatic carbocycles. The smallest absolute Gasteiger partial charge is 0.289 e. The van der Waals surface area contributed by atoms with Crippen LogP contribution < -0.4 is 21.3 Å². The summed E-state index contributed by atoms with van der Waals surface area (Å²) in [5, 5.41) is 9.34. The van der Waals surface area contributed by atoms with Crippen molar-refractivity contribution in [2.24, 2.45) is 0 Å². The van der Waals surface area contributed by atoms with Gasteiger partial charge in [-0.15, -0.1) is 0 Å². The van der Waals surface area contributed by atoms with Crippen LogP contribution in [-0.4, -0.2) is 55.1 Å². The molecule has 9 nitrogen and oxygen atoms in total. The van der Waals surface area contributed by atoms with E-state index in [1.54, 1.807) is 0 Å². The summed E-state index contributed by atoms with van der Waals surface area (Å²) in [7, 11) is 0. The predicted molar refractivity (Wildman–Crippen MR) is 75.5 cm³/mol. The fourth-order valence-electron chi connectivity index (χ4n) is 1.71. The SMILES string of the molecule is CC(NC(=O)CNC=O)C(=O)NCC(=O)C(=O)NC1CCC1. The van der Waals surface area contributed by atoms with E-state index in [2.05, 4.69) is 21.3 Å². The number of hydrogen-bond donors (Lipinski definition) is 4. The standard InChI is InChI=1S/C13H20N4O5/c1-8(16-11(20)6-14-7-18)12(21)15-5-10(19)13(22)17-9-3-2-4-9/h7-9H,2-6H2,1H3,(H,14,18)(H,15,21)(H,16,20)(H,17,22). The summed E-state index contributed by atoms with van der Waals surface area (Å²) >= 11 is 0. The zero-order valence-corrected chi connectivity index (χ0v) is 12.3. The van der Waals surface area contributed by atoms with Crippen molar-refractivity contribution in [3.63, 3.8) is 0 Å². The number of nitrogens with one attached hydrogen (secondary N) is 4. The van der Waals surface area contributed by atoms with Gasteiger partial charge in [0.1, 0.15) is 6.04 Å². The fourth-order valence-corrected chi connectivity index (χ4v) is 1.71. The van der Waals surface area contributed by atoms with E-state index in [0.717, 1.165) is 19.3 Å². The summed E-state index contributed by atoms with van der Waals surface area (Å²) in [4.78, 5) is 56.0. The van der Waals surface area contributed by atoms with E-state index in [9.17, 15) is 24.0 Å². The molecule has 1 rings (SSSR count). The van der Waals surface area contributed by atoms with E-state index in [1.165, 1.54) is 6.92 Å². The first-order valence-corrected chi connectivity index (χ1v) is 7.01. The van der Waals surface area contributed by atoms with Gasteiger partial charge in [0, 0.05) is 6.04 Å². The van der Waals surface area contributed by atoms with Crippen molar-refractivity contribution in [1.29, 1.82) is 0 Å². The highest BCUT2D eigenvalue weighted by atomic mass is 16.2. The largest absolute Gasteiger partial charge is 0.350 e. The predicted octanol–water partition coefficient (Wildman–Crippen LogP) is -2.41. The molecule has 0 saturated heterocycles. The van der Waals surface area contributed by atoms with Crippen molar-refractivity contribution < 1.29 is 24.0 Å². The van der Waals surface area contributed by atoms with Crippen molar-refractivity contribution in [1.82, 2.24) is 21.3 Å². The van der Waals surface area contributed by atoms with Gasteiger partial charge in [0.25, 0.3) is 5.91 Å². The first-order valence-electron chi connectivity index (χ1n) is 7.01. The number of ketones is 1. The van der Waals surface area contributed by atoms with Crippen LogP contribution in [0.1, 0.15) is 26.2 Å². The lowest BCUT2D eigenvalue weighted by Crippen LogP contribution is -2.50. The Kier molecular flexibility index (Phi) is 7.00. The van der Waals surface area contributed by atoms with Gasteiger partial charge in [-0.3, -0.25) is 24.0 Å². The Hall–Kier alpha value is -2.45. The topological polar surface area (TPSA) is 133 Å². The van der Waals surface area contributed by atoms with Gasteiger partial charge in [0.15, 0.2) is 0 Å². The molecule has 1 fully saturated rings. The second-order valence-corrected chi connectivity index (χ2v) is 5.03. The highest BCUT2D eigenvalue weighted by molar-refractivity contribution is 6.37. The summed E-state index contributed by atoms with van der Waals surface area (Å²) in [6, 6.07) is -0.834. The summed E-state index contributed by atoms with van der Waals surface area (Å²) < 4.78 is 0. The molecule has 0 spiro atoms. The molecule has 9 heteroatoms. The number of rotatable bonds is 9. The Morgan fingerprint density at radius 1 is 1.18 bits per heavy atom. The summed E-state index contributed by atoms with van der Waals surface area (Å²) in [5.41, 5.74) is 0. The molecule has 122 valence electrons. The molecule has 0 aliphatic heterocycles. The minimum atomic E-state index is -0.886. The second-order valence-electron chi connectivity index (χ2n) is 5.03. The van der Waals surface area contributed by atoms with Crippen molar-refractivity contribution in [3.8, 4) is 0 Å². The third-order valence-electron chi connectivity index (χ3n) is 3.23. The minimum Gasteiger partial charge on any atom is -0.350 e. The zero-order chi connectivity index (χ0) is 16.5. The van der Waals surface area contributed by atoms with Gasteiger partial charge in [-0.2, -0.15) is 0 Å². The molecular weight excluding hydrogens is 292 g/mol. The molecule has 1 unspecified atom stereocenters. The van der Waals surface area contributed by atoms with Crippen LogP contribution >= 0.6 is 0 Å². The molecule has 0 aromatic heterocycles. The van der Waals surface area contributed by atoms with Gasteiger partial charge in [0.05, 0.1) is 13.1 Å². The molecule has 1 aliphatic rings. The molecule has 4 amide bonds. The highest BCUT2D eigenvalue weighted by Gasteiger charge is 2.24. The van der Waals surface area contributed by atoms with Crippen LogP contribution in [0.15, 0.2) is 0 Å². The van der Waals surface area contributed by atoms with Gasteiger partial charge < -0.3 is 21.3 Å². The molecule has 0 heterocycles. The minimum absolute atomic E-state index is 0.0516. The Balaban J connectivity index is 2.25. The Labute approximate surface area is 127 Å². The van der Waals surface area contributed by atoms with E-state index in [4.69, 9.17) is 0 Å². The van der Waals surface area contributed by atoms with Crippen LogP contribution in [-0.2, 0) is 24.0 Å². The second kappa shape index (κ2) is 8.75. The third kappa shape index (κ3) is 5.90. The summed E-state index contributed by atoms with van der Waals surface area (Å²) in [6.07, 6.45) is 3.13. The maximum Gasteiger partial charge on any atom is 0.289 e. The molecule has 1 saturated carbocycles. The average molecular weight is 312 g/mol. The van der Waals surface area contributed by atoms with Crippen LogP contribution in [0.5, 0.6) is 0 Å². The lowest BCUT2D eigenvalue weighted by atomic mass is 9.93. The first kappa shape index (κ1) is 17.6. The van der Waals surface area contributed by atoms with Crippen LogP contribution in [0.2, 0.25) is 0 Å². The molecule has 0 aromatic rings. The summed E-state index contributed by atoms with van der Waals surface area (Å²) in [5.74, 6) is -2.58. The summed E-state index contributed by atoms with van der Waals surface area (Å²) in [6.45, 7) is 0.751. The maximum absolute atomic E-state index is 11.7. The van der Waals surface area contributed by atoms with E-state index in [0.29, 0.717) is 6.41 Å². The molecular formula is C13H20N4O5. The maximum atomic E-state index is 11.7. The third-order valence-corrected chi connectivity index (χ3v) is 3.23. The van der Waals surface area contributed by atoms with Crippen molar-refractivity contribution in [2.75, 3.05) is 13.1 Å². The number of carbonyl (C=O) groups is 5. The molecule has 0 bridgehead atoms. The molecule has 1 atom stereocenters. The quantitative estimate of drug-likeness (QED) is 0.278. The van der Waals surface area contributed by atoms with Gasteiger partial charge in [-0.25, -0.2) is 0 Å². The number of Topliss-reactive ketones (excluding diaryl/α,β-unsaturated/α-hetero) is 1. The van der Waals surface area contributed by atoms with Gasteiger partial charge in [-0.1, -0.05) is 0 Å². The van der Waals surface area contributed by atoms with Crippen molar-refractivity contribution >= 4 is 29.9 Å². The highest BCUT2D eigenvalue weighted by Crippen LogP contribution is 2.17. The van der Waals surface area contributed by atoms with Crippen LogP contribution in [0.4, 0.5) is 0 Å². The van der Waals surface area contributed by atoms with E-state index >= 15 is 0 Å². The lowest BCUT2D eigenvalue weighted by Gasteiger charge is -2.25. The van der Waals surface area contributed by atoms with Crippen LogP contribution in [0.3, 0.4) is 0 Å². The number of hydrogen-bond acceptors (Lipinski definition) is 5. The van der Waals surface area contributed by atoms with E-state index in [1.807, 2.05) is 0 Å². The van der Waals surface area contributed by atoms with Gasteiger partial charge in [0.2, 0.25) is 24.0 Å². The Bertz CT molecular complexity index is 461. The molecule has 22 heavy (non-hydrogen) atoms. The van der Waals surface area contributed by atoms with Crippen LogP contribution in [0.25, 0.3) is 0 Å².